The molecule has 2 N–H and O–H groups in total. The number of nitrogens with one attached hydrogen (secondary N) is 2. The summed E-state index contributed by atoms with van der Waals surface area (Å²) in [5.74, 6) is 0.233. The Morgan fingerprint density at radius 1 is 1.38 bits per heavy atom. The molecule has 0 unspecified atom stereocenters. The van der Waals surface area contributed by atoms with E-state index in [-0.39, 0.29) is 5.78 Å². The van der Waals surface area contributed by atoms with Gasteiger partial charge in [0, 0.05) is 12.5 Å². The molecule has 0 radical (unpaired) electrons. The van der Waals surface area contributed by atoms with Gasteiger partial charge in [-0.05, 0) is 26.7 Å². The topological polar surface area (TPSA) is 44.4 Å². The summed E-state index contributed by atoms with van der Waals surface area (Å²) < 4.78 is 0. The first-order valence-electron chi connectivity index (χ1n) is 4.77. The third-order valence-electron chi connectivity index (χ3n) is 2.49. The molecule has 4 heteroatoms. The van der Waals surface area contributed by atoms with Crippen molar-refractivity contribution in [1.29, 1.82) is 0 Å². The van der Waals surface area contributed by atoms with E-state index in [0.29, 0.717) is 12.5 Å². The van der Waals surface area contributed by atoms with Crippen molar-refractivity contribution in [2.24, 2.45) is 0 Å². The lowest BCUT2D eigenvalue weighted by Gasteiger charge is -2.25. The van der Waals surface area contributed by atoms with Crippen LogP contribution in [-0.4, -0.2) is 16.8 Å². The van der Waals surface area contributed by atoms with E-state index in [1.54, 1.807) is 0 Å². The minimum atomic E-state index is 0.233. The molecule has 0 aromatic carbocycles. The Morgan fingerprint density at radius 2 is 2.15 bits per heavy atom. The molecule has 0 saturated carbocycles. The van der Waals surface area contributed by atoms with Gasteiger partial charge in [-0.1, -0.05) is 0 Å². The highest BCUT2D eigenvalue weighted by molar-refractivity contribution is 5.96. The van der Waals surface area contributed by atoms with Crippen molar-refractivity contribution in [3.8, 4) is 0 Å². The fraction of sp³-hybridized carbons (Fsp3) is 0.667. The van der Waals surface area contributed by atoms with Crippen LogP contribution in [0.25, 0.3) is 0 Å². The van der Waals surface area contributed by atoms with Crippen LogP contribution < -0.4 is 11.0 Å². The van der Waals surface area contributed by atoms with Crippen LogP contribution in [0.4, 0.5) is 0 Å². The molecule has 2 rings (SSSR count). The molecule has 0 fully saturated rings. The van der Waals surface area contributed by atoms with Gasteiger partial charge in [0.1, 0.15) is 5.70 Å². The normalized spacial score (nSPS) is 22.4. The summed E-state index contributed by atoms with van der Waals surface area (Å²) in [6, 6.07) is 0.380. The van der Waals surface area contributed by atoms with Crippen LogP contribution in [0.1, 0.15) is 33.1 Å². The van der Waals surface area contributed by atoms with E-state index in [4.69, 9.17) is 0 Å². The SMILES string of the molecule is CC(C)N1NNC2=C1CCCC2=O. The van der Waals surface area contributed by atoms with Crippen molar-refractivity contribution in [2.75, 3.05) is 0 Å². The number of Topliss-reactive ketones (excluding diaryl/α,β-unsaturated/α-hetero) is 1. The zero-order valence-corrected chi connectivity index (χ0v) is 8.05. The molecule has 0 bridgehead atoms. The highest BCUT2D eigenvalue weighted by Crippen LogP contribution is 2.26. The summed E-state index contributed by atoms with van der Waals surface area (Å²) in [5, 5.41) is 2.03. The van der Waals surface area contributed by atoms with E-state index in [9.17, 15) is 4.79 Å². The largest absolute Gasteiger partial charge is 0.299 e. The fourth-order valence-corrected chi connectivity index (χ4v) is 1.83. The summed E-state index contributed by atoms with van der Waals surface area (Å²) in [7, 11) is 0. The predicted octanol–water partition coefficient (Wildman–Crippen LogP) is 0.684. The maximum absolute atomic E-state index is 11.5. The molecule has 2 aliphatic rings. The van der Waals surface area contributed by atoms with Crippen LogP contribution in [0, 0.1) is 0 Å². The van der Waals surface area contributed by atoms with Crippen LogP contribution >= 0.6 is 0 Å². The van der Waals surface area contributed by atoms with Crippen molar-refractivity contribution in [1.82, 2.24) is 16.0 Å². The first kappa shape index (κ1) is 8.56. The summed E-state index contributed by atoms with van der Waals surface area (Å²) in [6.07, 6.45) is 2.66. The van der Waals surface area contributed by atoms with Gasteiger partial charge in [-0.3, -0.25) is 15.2 Å². The van der Waals surface area contributed by atoms with Crippen LogP contribution in [0.5, 0.6) is 0 Å². The number of hydrogen-bond donors (Lipinski definition) is 2. The zero-order chi connectivity index (χ0) is 9.42. The van der Waals surface area contributed by atoms with Crippen molar-refractivity contribution in [3.05, 3.63) is 11.4 Å². The molecule has 1 aliphatic heterocycles. The molecule has 13 heavy (non-hydrogen) atoms. The highest BCUT2D eigenvalue weighted by Gasteiger charge is 2.30. The summed E-state index contributed by atoms with van der Waals surface area (Å²) >= 11 is 0. The number of ketones is 1. The zero-order valence-electron chi connectivity index (χ0n) is 8.05. The Balaban J connectivity index is 2.26. The molecule has 1 heterocycles. The van der Waals surface area contributed by atoms with Crippen molar-refractivity contribution >= 4 is 5.78 Å². The number of carbonyl (C=O) groups excluding carboxylic acids is 1. The molecule has 1 aliphatic carbocycles. The quantitative estimate of drug-likeness (QED) is 0.624. The Bertz CT molecular complexity index is 270. The van der Waals surface area contributed by atoms with E-state index in [1.807, 2.05) is 5.01 Å². The van der Waals surface area contributed by atoms with Gasteiger partial charge in [-0.15, -0.1) is 5.53 Å². The second kappa shape index (κ2) is 3.03. The lowest BCUT2D eigenvalue weighted by Crippen LogP contribution is -2.42. The first-order chi connectivity index (χ1) is 6.20. The van der Waals surface area contributed by atoms with E-state index < -0.39 is 0 Å². The van der Waals surface area contributed by atoms with E-state index in [1.165, 1.54) is 0 Å². The summed E-state index contributed by atoms with van der Waals surface area (Å²) in [6.45, 7) is 4.20. The molecular weight excluding hydrogens is 166 g/mol. The van der Waals surface area contributed by atoms with Gasteiger partial charge in [0.2, 0.25) is 0 Å². The average Bonchev–Trinajstić information content (AvgIpc) is 2.48. The molecule has 4 nitrogen and oxygen atoms in total. The van der Waals surface area contributed by atoms with Gasteiger partial charge < -0.3 is 0 Å². The molecule has 0 aromatic rings. The van der Waals surface area contributed by atoms with Gasteiger partial charge in [0.05, 0.1) is 5.70 Å². The van der Waals surface area contributed by atoms with Crippen LogP contribution in [-0.2, 0) is 4.79 Å². The van der Waals surface area contributed by atoms with Crippen LogP contribution in [0.2, 0.25) is 0 Å². The fourth-order valence-electron chi connectivity index (χ4n) is 1.83. The number of allylic oxidation sites excluding steroid dienone is 2. The van der Waals surface area contributed by atoms with Crippen LogP contribution in [0.3, 0.4) is 0 Å². The molecule has 0 atom stereocenters. The van der Waals surface area contributed by atoms with Crippen molar-refractivity contribution in [2.45, 2.75) is 39.2 Å². The van der Waals surface area contributed by atoms with E-state index in [2.05, 4.69) is 24.8 Å². The number of rotatable bonds is 1. The Morgan fingerprint density at radius 3 is 2.85 bits per heavy atom. The molecule has 0 saturated heterocycles. The number of nitrogens with zero attached hydrogens (tertiary/aromatic N) is 1. The van der Waals surface area contributed by atoms with Gasteiger partial charge in [0.15, 0.2) is 5.78 Å². The second-order valence-corrected chi connectivity index (χ2v) is 3.80. The summed E-state index contributed by atoms with van der Waals surface area (Å²) in [4.78, 5) is 11.5. The first-order valence-corrected chi connectivity index (χ1v) is 4.77. The van der Waals surface area contributed by atoms with E-state index >= 15 is 0 Å². The van der Waals surface area contributed by atoms with Crippen LogP contribution in [0.15, 0.2) is 11.4 Å². The lowest BCUT2D eigenvalue weighted by atomic mass is 10.00. The molecule has 72 valence electrons. The number of hydrogen-bond acceptors (Lipinski definition) is 4. The molecular formula is C9H15N3O. The van der Waals surface area contributed by atoms with E-state index in [0.717, 1.165) is 24.2 Å². The third-order valence-corrected chi connectivity index (χ3v) is 2.49. The van der Waals surface area contributed by atoms with Gasteiger partial charge in [-0.2, -0.15) is 0 Å². The summed E-state index contributed by atoms with van der Waals surface area (Å²) in [5.41, 5.74) is 7.87. The predicted molar refractivity (Wildman–Crippen MR) is 49.1 cm³/mol. The van der Waals surface area contributed by atoms with Crippen molar-refractivity contribution < 1.29 is 4.79 Å². The minimum absolute atomic E-state index is 0.233. The monoisotopic (exact) mass is 181 g/mol. The Hall–Kier alpha value is -1.03. The maximum Gasteiger partial charge on any atom is 0.181 e. The third kappa shape index (κ3) is 1.31. The minimum Gasteiger partial charge on any atom is -0.299 e. The average molecular weight is 181 g/mol. The standard InChI is InChI=1S/C9H15N3O/c1-6(2)12-7-4-3-5-8(13)9(7)10-11-12/h6,10-11H,3-5H2,1-2H3. The van der Waals surface area contributed by atoms with Gasteiger partial charge >= 0.3 is 0 Å². The Kier molecular flexibility index (Phi) is 2.00. The molecule has 0 amide bonds. The van der Waals surface area contributed by atoms with Gasteiger partial charge in [-0.25, -0.2) is 0 Å². The smallest absolute Gasteiger partial charge is 0.181 e. The van der Waals surface area contributed by atoms with Crippen molar-refractivity contribution in [3.63, 3.8) is 0 Å². The maximum atomic E-state index is 11.5. The Labute approximate surface area is 77.9 Å². The number of carbonyl (C=O) groups is 1. The second-order valence-electron chi connectivity index (χ2n) is 3.80. The molecule has 0 spiro atoms. The lowest BCUT2D eigenvalue weighted by molar-refractivity contribution is -0.116. The number of hydrazine groups is 2. The highest BCUT2D eigenvalue weighted by atomic mass is 16.1. The van der Waals surface area contributed by atoms with Gasteiger partial charge in [0.25, 0.3) is 0 Å². The molecule has 0 aromatic heterocycles.